The quantitative estimate of drug-likeness (QED) is 0.660. The number of hydrazone groups is 1. The van der Waals surface area contributed by atoms with E-state index in [2.05, 4.69) is 39.8 Å². The van der Waals surface area contributed by atoms with Gasteiger partial charge in [0.25, 0.3) is 0 Å². The molecule has 0 radical (unpaired) electrons. The molecule has 1 aliphatic carbocycles. The van der Waals surface area contributed by atoms with Crippen molar-refractivity contribution >= 4 is 28.2 Å². The molecule has 0 saturated carbocycles. The van der Waals surface area contributed by atoms with Crippen LogP contribution in [0.1, 0.15) is 47.7 Å². The first-order valence-electron chi connectivity index (χ1n) is 9.00. The topological polar surface area (TPSA) is 40.2 Å². The number of hydrogen-bond donors (Lipinski definition) is 2. The molecule has 0 fully saturated rings. The van der Waals surface area contributed by atoms with Gasteiger partial charge in [0.05, 0.1) is 11.8 Å². The van der Waals surface area contributed by atoms with Gasteiger partial charge in [0.2, 0.25) is 0 Å². The number of rotatable bonds is 2. The van der Waals surface area contributed by atoms with Gasteiger partial charge in [-0.15, -0.1) is 0 Å². The predicted octanol–water partition coefficient (Wildman–Crippen LogP) is 5.14. The van der Waals surface area contributed by atoms with Gasteiger partial charge in [-0.3, -0.25) is 0 Å². The zero-order chi connectivity index (χ0) is 16.8. The van der Waals surface area contributed by atoms with Gasteiger partial charge in [-0.25, -0.2) is 0 Å². The first-order valence-corrected chi connectivity index (χ1v) is 9.38. The summed E-state index contributed by atoms with van der Waals surface area (Å²) in [4.78, 5) is 3.60. The molecule has 5 rings (SSSR count). The third kappa shape index (κ3) is 2.54. The van der Waals surface area contributed by atoms with Gasteiger partial charge >= 0.3 is 0 Å². The van der Waals surface area contributed by atoms with E-state index in [0.717, 1.165) is 22.7 Å². The standard InChI is InChI=1S/C21H20ClN3/c22-17-7-3-1-6-15(17)21-12-20(24-25-21)13-9-10-19-16(11-13)14-5-2-4-8-18(14)23-19/h1,3,6-7,9-11,21,23,25H,2,4-5,8,12H2. The maximum absolute atomic E-state index is 6.35. The van der Waals surface area contributed by atoms with E-state index in [0.29, 0.717) is 0 Å². The van der Waals surface area contributed by atoms with Gasteiger partial charge in [-0.1, -0.05) is 35.9 Å². The SMILES string of the molecule is Clc1ccccc1C1CC(c2ccc3[nH]c4c(c3c2)CCCC4)=NN1. The van der Waals surface area contributed by atoms with Crippen LogP contribution < -0.4 is 5.43 Å². The second-order valence-electron chi connectivity index (χ2n) is 7.02. The second kappa shape index (κ2) is 5.92. The van der Waals surface area contributed by atoms with Gasteiger partial charge in [-0.2, -0.15) is 5.10 Å². The Kier molecular flexibility index (Phi) is 3.56. The van der Waals surface area contributed by atoms with Crippen molar-refractivity contribution in [3.8, 4) is 0 Å². The van der Waals surface area contributed by atoms with E-state index in [1.165, 1.54) is 53.4 Å². The first-order chi connectivity index (χ1) is 12.3. The highest BCUT2D eigenvalue weighted by molar-refractivity contribution is 6.31. The van der Waals surface area contributed by atoms with Crippen LogP contribution in [0.15, 0.2) is 47.6 Å². The van der Waals surface area contributed by atoms with Crippen LogP contribution >= 0.6 is 11.6 Å². The zero-order valence-corrected chi connectivity index (χ0v) is 14.7. The lowest BCUT2D eigenvalue weighted by molar-refractivity contribution is 0.620. The van der Waals surface area contributed by atoms with Gasteiger partial charge in [-0.05, 0) is 60.6 Å². The summed E-state index contributed by atoms with van der Waals surface area (Å²) in [5, 5.41) is 6.78. The Bertz CT molecular complexity index is 986. The van der Waals surface area contributed by atoms with Crippen molar-refractivity contribution in [2.75, 3.05) is 0 Å². The van der Waals surface area contributed by atoms with Crippen molar-refractivity contribution in [3.05, 3.63) is 69.9 Å². The molecule has 1 atom stereocenters. The number of nitrogens with one attached hydrogen (secondary N) is 2. The lowest BCUT2D eigenvalue weighted by Gasteiger charge is -2.12. The highest BCUT2D eigenvalue weighted by Crippen LogP contribution is 2.33. The Labute approximate surface area is 152 Å². The summed E-state index contributed by atoms with van der Waals surface area (Å²) in [5.74, 6) is 0. The van der Waals surface area contributed by atoms with Crippen LogP contribution in [-0.2, 0) is 12.8 Å². The summed E-state index contributed by atoms with van der Waals surface area (Å²) in [6.07, 6.45) is 5.81. The largest absolute Gasteiger partial charge is 0.358 e. The van der Waals surface area contributed by atoms with E-state index in [9.17, 15) is 0 Å². The maximum atomic E-state index is 6.35. The monoisotopic (exact) mass is 349 g/mol. The van der Waals surface area contributed by atoms with Gasteiger partial charge in [0.15, 0.2) is 0 Å². The number of hydrogen-bond acceptors (Lipinski definition) is 2. The summed E-state index contributed by atoms with van der Waals surface area (Å²) in [6, 6.07) is 14.8. The normalized spacial score (nSPS) is 19.6. The van der Waals surface area contributed by atoms with E-state index >= 15 is 0 Å². The third-order valence-electron chi connectivity index (χ3n) is 5.46. The van der Waals surface area contributed by atoms with Crippen LogP contribution in [0.2, 0.25) is 5.02 Å². The van der Waals surface area contributed by atoms with Crippen LogP contribution in [-0.4, -0.2) is 10.7 Å². The molecule has 4 heteroatoms. The van der Waals surface area contributed by atoms with Crippen LogP contribution in [0.5, 0.6) is 0 Å². The van der Waals surface area contributed by atoms with Gasteiger partial charge < -0.3 is 10.4 Å². The molecule has 2 aromatic carbocycles. The number of halogens is 1. The average Bonchev–Trinajstić information content (AvgIpc) is 3.26. The molecular formula is C21H20ClN3. The fraction of sp³-hybridized carbons (Fsp3) is 0.286. The average molecular weight is 350 g/mol. The second-order valence-corrected chi connectivity index (χ2v) is 7.42. The van der Waals surface area contributed by atoms with Crippen molar-refractivity contribution in [1.82, 2.24) is 10.4 Å². The Morgan fingerprint density at radius 1 is 1.04 bits per heavy atom. The Balaban J connectivity index is 1.47. The molecule has 0 spiro atoms. The zero-order valence-electron chi connectivity index (χ0n) is 14.0. The van der Waals surface area contributed by atoms with Crippen molar-refractivity contribution in [3.63, 3.8) is 0 Å². The minimum Gasteiger partial charge on any atom is -0.358 e. The molecule has 1 aromatic heterocycles. The first kappa shape index (κ1) is 15.0. The molecule has 2 aliphatic rings. The van der Waals surface area contributed by atoms with Crippen molar-refractivity contribution < 1.29 is 0 Å². The highest BCUT2D eigenvalue weighted by Gasteiger charge is 2.24. The molecule has 1 aliphatic heterocycles. The Hall–Kier alpha value is -2.26. The molecule has 1 unspecified atom stereocenters. The molecule has 0 bridgehead atoms. The molecular weight excluding hydrogens is 330 g/mol. The Morgan fingerprint density at radius 2 is 1.92 bits per heavy atom. The lowest BCUT2D eigenvalue weighted by atomic mass is 9.94. The van der Waals surface area contributed by atoms with Crippen molar-refractivity contribution in [1.29, 1.82) is 0 Å². The number of aromatic nitrogens is 1. The third-order valence-corrected chi connectivity index (χ3v) is 5.81. The minimum absolute atomic E-state index is 0.152. The molecule has 2 N–H and O–H groups in total. The predicted molar refractivity (Wildman–Crippen MR) is 103 cm³/mol. The smallest absolute Gasteiger partial charge is 0.0760 e. The molecule has 2 heterocycles. The van der Waals surface area contributed by atoms with Crippen LogP contribution in [0.4, 0.5) is 0 Å². The number of H-pyrrole nitrogens is 1. The van der Waals surface area contributed by atoms with E-state index in [1.807, 2.05) is 18.2 Å². The fourth-order valence-corrected chi connectivity index (χ4v) is 4.41. The molecule has 3 nitrogen and oxygen atoms in total. The molecule has 126 valence electrons. The summed E-state index contributed by atoms with van der Waals surface area (Å²) in [6.45, 7) is 0. The lowest BCUT2D eigenvalue weighted by Crippen LogP contribution is -2.10. The molecule has 0 amide bonds. The number of benzene rings is 2. The number of aromatic amines is 1. The molecule has 25 heavy (non-hydrogen) atoms. The molecule has 3 aromatic rings. The van der Waals surface area contributed by atoms with Gasteiger partial charge in [0, 0.05) is 28.0 Å². The number of nitrogens with zero attached hydrogens (tertiary/aromatic N) is 1. The van der Waals surface area contributed by atoms with Crippen LogP contribution in [0.3, 0.4) is 0 Å². The van der Waals surface area contributed by atoms with E-state index in [4.69, 9.17) is 11.6 Å². The fourth-order valence-electron chi connectivity index (χ4n) is 4.15. The Morgan fingerprint density at radius 3 is 2.84 bits per heavy atom. The van der Waals surface area contributed by atoms with Crippen LogP contribution in [0, 0.1) is 0 Å². The minimum atomic E-state index is 0.152. The van der Waals surface area contributed by atoms with E-state index < -0.39 is 0 Å². The van der Waals surface area contributed by atoms with Crippen LogP contribution in [0.25, 0.3) is 10.9 Å². The summed E-state index contributed by atoms with van der Waals surface area (Å²) < 4.78 is 0. The highest BCUT2D eigenvalue weighted by atomic mass is 35.5. The van der Waals surface area contributed by atoms with Gasteiger partial charge in [0.1, 0.15) is 0 Å². The van der Waals surface area contributed by atoms with Crippen molar-refractivity contribution in [2.45, 2.75) is 38.1 Å². The summed E-state index contributed by atoms with van der Waals surface area (Å²) in [7, 11) is 0. The summed E-state index contributed by atoms with van der Waals surface area (Å²) in [5.41, 5.74) is 10.9. The summed E-state index contributed by atoms with van der Waals surface area (Å²) >= 11 is 6.35. The maximum Gasteiger partial charge on any atom is 0.0760 e. The molecule has 0 saturated heterocycles. The van der Waals surface area contributed by atoms with E-state index in [1.54, 1.807) is 0 Å². The number of aryl methyl sites for hydroxylation is 2. The number of fused-ring (bicyclic) bond motifs is 3. The van der Waals surface area contributed by atoms with E-state index in [-0.39, 0.29) is 6.04 Å². The van der Waals surface area contributed by atoms with Crippen molar-refractivity contribution in [2.24, 2.45) is 5.10 Å².